The molecule has 8 heteroatoms. The van der Waals surface area contributed by atoms with Crippen molar-refractivity contribution in [3.8, 4) is 0 Å². The Labute approximate surface area is 123 Å². The minimum atomic E-state index is -0.559. The first-order chi connectivity index (χ1) is 10.0. The van der Waals surface area contributed by atoms with Gasteiger partial charge in [0, 0.05) is 31.3 Å². The minimum Gasteiger partial charge on any atom is -0.380 e. The summed E-state index contributed by atoms with van der Waals surface area (Å²) >= 11 is 0. The van der Waals surface area contributed by atoms with Crippen LogP contribution in [-0.2, 0) is 4.74 Å². The summed E-state index contributed by atoms with van der Waals surface area (Å²) in [6, 6.07) is 4.06. The van der Waals surface area contributed by atoms with Gasteiger partial charge in [-0.1, -0.05) is 0 Å². The van der Waals surface area contributed by atoms with Crippen molar-refractivity contribution >= 4 is 17.3 Å². The molecule has 0 saturated heterocycles. The van der Waals surface area contributed by atoms with Gasteiger partial charge in [-0.05, 0) is 26.0 Å². The minimum absolute atomic E-state index is 0.103. The van der Waals surface area contributed by atoms with Crippen LogP contribution in [0.1, 0.15) is 24.2 Å². The smallest absolute Gasteiger partial charge is 0.293 e. The molecule has 0 heterocycles. The number of rotatable bonds is 8. The number of amides is 1. The molecule has 0 spiro atoms. The molecular formula is C13H20N4O4. The number of nitrogen functional groups attached to an aromatic ring is 1. The summed E-state index contributed by atoms with van der Waals surface area (Å²) in [5.74, 6) is 5.05. The quantitative estimate of drug-likeness (QED) is 0.324. The molecule has 0 fully saturated rings. The van der Waals surface area contributed by atoms with E-state index in [0.717, 1.165) is 0 Å². The standard InChI is InChI=1S/C13H20N4O4/c1-3-16(7-8-21-4-2)13(18)10-5-6-12(17(19)20)11(9-10)15-14/h5-6,9,15H,3-4,7-8,14H2,1-2H3. The molecule has 0 saturated carbocycles. The number of ether oxygens (including phenoxy) is 1. The number of nitrogens with zero attached hydrogens (tertiary/aromatic N) is 2. The van der Waals surface area contributed by atoms with Gasteiger partial charge >= 0.3 is 0 Å². The maximum atomic E-state index is 12.4. The van der Waals surface area contributed by atoms with Gasteiger partial charge < -0.3 is 15.1 Å². The van der Waals surface area contributed by atoms with Gasteiger partial charge in [0.2, 0.25) is 0 Å². The fourth-order valence-electron chi connectivity index (χ4n) is 1.85. The predicted octanol–water partition coefficient (Wildman–Crippen LogP) is 1.38. The Balaban J connectivity index is 2.92. The zero-order valence-electron chi connectivity index (χ0n) is 12.2. The van der Waals surface area contributed by atoms with E-state index in [1.165, 1.54) is 18.2 Å². The van der Waals surface area contributed by atoms with Gasteiger partial charge in [0.05, 0.1) is 11.5 Å². The Morgan fingerprint density at radius 3 is 2.71 bits per heavy atom. The first kappa shape index (κ1) is 16.9. The lowest BCUT2D eigenvalue weighted by atomic mass is 10.1. The molecule has 1 aromatic rings. The van der Waals surface area contributed by atoms with Crippen LogP contribution >= 0.6 is 0 Å². The van der Waals surface area contributed by atoms with Crippen LogP contribution in [0.2, 0.25) is 0 Å². The Bertz CT molecular complexity index is 507. The van der Waals surface area contributed by atoms with Crippen molar-refractivity contribution in [3.05, 3.63) is 33.9 Å². The van der Waals surface area contributed by atoms with Gasteiger partial charge in [-0.2, -0.15) is 0 Å². The number of carbonyl (C=O) groups is 1. The Hall–Kier alpha value is -2.19. The number of hydrogen-bond acceptors (Lipinski definition) is 6. The van der Waals surface area contributed by atoms with Crippen LogP contribution in [0.3, 0.4) is 0 Å². The van der Waals surface area contributed by atoms with Crippen molar-refractivity contribution in [2.45, 2.75) is 13.8 Å². The average Bonchev–Trinajstić information content (AvgIpc) is 2.50. The van der Waals surface area contributed by atoms with Gasteiger partial charge in [0.15, 0.2) is 0 Å². The van der Waals surface area contributed by atoms with Crippen molar-refractivity contribution in [1.82, 2.24) is 4.90 Å². The number of benzene rings is 1. The molecule has 116 valence electrons. The van der Waals surface area contributed by atoms with Crippen molar-refractivity contribution in [2.75, 3.05) is 31.7 Å². The van der Waals surface area contributed by atoms with Crippen molar-refractivity contribution in [2.24, 2.45) is 5.84 Å². The first-order valence-electron chi connectivity index (χ1n) is 6.67. The third kappa shape index (κ3) is 4.40. The molecule has 1 amide bonds. The third-order valence-corrected chi connectivity index (χ3v) is 2.97. The second kappa shape index (κ2) is 8.18. The molecule has 21 heavy (non-hydrogen) atoms. The SMILES string of the molecule is CCOCCN(CC)C(=O)c1ccc([N+](=O)[O-])c(NN)c1. The monoisotopic (exact) mass is 296 g/mol. The second-order valence-electron chi connectivity index (χ2n) is 4.22. The number of likely N-dealkylation sites (N-methyl/N-ethyl adjacent to an activating group) is 1. The Morgan fingerprint density at radius 2 is 2.19 bits per heavy atom. The molecule has 3 N–H and O–H groups in total. The summed E-state index contributed by atoms with van der Waals surface area (Å²) in [7, 11) is 0. The maximum absolute atomic E-state index is 12.4. The number of nitro groups is 1. The van der Waals surface area contributed by atoms with Crippen LogP contribution < -0.4 is 11.3 Å². The lowest BCUT2D eigenvalue weighted by Gasteiger charge is -2.21. The molecular weight excluding hydrogens is 276 g/mol. The summed E-state index contributed by atoms with van der Waals surface area (Å²) in [5.41, 5.74) is 2.51. The highest BCUT2D eigenvalue weighted by molar-refractivity contribution is 5.95. The number of nitro benzene ring substituents is 1. The summed E-state index contributed by atoms with van der Waals surface area (Å²) in [5, 5.41) is 10.8. The Kier molecular flexibility index (Phi) is 6.57. The number of anilines is 1. The van der Waals surface area contributed by atoms with E-state index in [1.54, 1.807) is 4.90 Å². The molecule has 1 rings (SSSR count). The number of nitrogens with one attached hydrogen (secondary N) is 1. The van der Waals surface area contributed by atoms with E-state index in [4.69, 9.17) is 10.6 Å². The van der Waals surface area contributed by atoms with E-state index in [1.807, 2.05) is 13.8 Å². The van der Waals surface area contributed by atoms with Gasteiger partial charge in [-0.25, -0.2) is 0 Å². The molecule has 0 bridgehead atoms. The van der Waals surface area contributed by atoms with Crippen LogP contribution in [0, 0.1) is 10.1 Å². The van der Waals surface area contributed by atoms with Crippen LogP contribution in [0.4, 0.5) is 11.4 Å². The molecule has 0 unspecified atom stereocenters. The molecule has 8 nitrogen and oxygen atoms in total. The van der Waals surface area contributed by atoms with E-state index in [0.29, 0.717) is 31.9 Å². The molecule has 0 radical (unpaired) electrons. The van der Waals surface area contributed by atoms with E-state index in [-0.39, 0.29) is 17.3 Å². The van der Waals surface area contributed by atoms with Gasteiger partial charge in [0.1, 0.15) is 5.69 Å². The lowest BCUT2D eigenvalue weighted by Crippen LogP contribution is -2.34. The van der Waals surface area contributed by atoms with Gasteiger partial charge in [0.25, 0.3) is 11.6 Å². The molecule has 0 atom stereocenters. The highest BCUT2D eigenvalue weighted by Gasteiger charge is 2.19. The molecule has 0 aromatic heterocycles. The van der Waals surface area contributed by atoms with E-state index < -0.39 is 4.92 Å². The zero-order chi connectivity index (χ0) is 15.8. The van der Waals surface area contributed by atoms with Crippen LogP contribution in [0.15, 0.2) is 18.2 Å². The highest BCUT2D eigenvalue weighted by atomic mass is 16.6. The fraction of sp³-hybridized carbons (Fsp3) is 0.462. The van der Waals surface area contributed by atoms with Gasteiger partial charge in [-0.3, -0.25) is 20.8 Å². The fourth-order valence-corrected chi connectivity index (χ4v) is 1.85. The summed E-state index contributed by atoms with van der Waals surface area (Å²) < 4.78 is 5.23. The van der Waals surface area contributed by atoms with Crippen molar-refractivity contribution < 1.29 is 14.5 Å². The maximum Gasteiger partial charge on any atom is 0.293 e. The van der Waals surface area contributed by atoms with Crippen molar-refractivity contribution in [3.63, 3.8) is 0 Å². The number of hydrazine groups is 1. The number of nitrogens with two attached hydrogens (primary N) is 1. The van der Waals surface area contributed by atoms with Crippen LogP contribution in [-0.4, -0.2) is 42.0 Å². The zero-order valence-corrected chi connectivity index (χ0v) is 12.2. The first-order valence-corrected chi connectivity index (χ1v) is 6.67. The number of carbonyl (C=O) groups excluding carboxylic acids is 1. The summed E-state index contributed by atoms with van der Waals surface area (Å²) in [6.07, 6.45) is 0. The summed E-state index contributed by atoms with van der Waals surface area (Å²) in [4.78, 5) is 24.2. The van der Waals surface area contributed by atoms with Crippen LogP contribution in [0.25, 0.3) is 0 Å². The second-order valence-corrected chi connectivity index (χ2v) is 4.22. The Morgan fingerprint density at radius 1 is 1.48 bits per heavy atom. The van der Waals surface area contributed by atoms with Crippen LogP contribution in [0.5, 0.6) is 0 Å². The normalized spacial score (nSPS) is 10.2. The lowest BCUT2D eigenvalue weighted by molar-refractivity contribution is -0.384. The third-order valence-electron chi connectivity index (χ3n) is 2.97. The average molecular weight is 296 g/mol. The molecule has 0 aliphatic heterocycles. The summed E-state index contributed by atoms with van der Waals surface area (Å²) in [6.45, 7) is 5.76. The molecule has 1 aromatic carbocycles. The van der Waals surface area contributed by atoms with Gasteiger partial charge in [-0.15, -0.1) is 0 Å². The molecule has 0 aliphatic rings. The predicted molar refractivity (Wildman–Crippen MR) is 79.0 cm³/mol. The highest BCUT2D eigenvalue weighted by Crippen LogP contribution is 2.25. The largest absolute Gasteiger partial charge is 0.380 e. The topological polar surface area (TPSA) is 111 Å². The van der Waals surface area contributed by atoms with E-state index in [9.17, 15) is 14.9 Å². The van der Waals surface area contributed by atoms with E-state index in [2.05, 4.69) is 5.43 Å². The number of hydrogen-bond donors (Lipinski definition) is 2. The van der Waals surface area contributed by atoms with E-state index >= 15 is 0 Å². The molecule has 0 aliphatic carbocycles. The van der Waals surface area contributed by atoms with Crippen molar-refractivity contribution in [1.29, 1.82) is 0 Å².